The summed E-state index contributed by atoms with van der Waals surface area (Å²) in [5.74, 6) is -0.361. The Balaban J connectivity index is 2.45. The summed E-state index contributed by atoms with van der Waals surface area (Å²) in [5.41, 5.74) is 1.95. The molecule has 1 aliphatic heterocycles. The number of amides is 1. The van der Waals surface area contributed by atoms with E-state index < -0.39 is 24.7 Å². The van der Waals surface area contributed by atoms with Gasteiger partial charge in [-0.05, 0) is 49.1 Å². The third-order valence-electron chi connectivity index (χ3n) is 3.67. The molecule has 1 aromatic rings. The standard InChI is InChI=1S/C16H18F3NO3/c1-4-10-6-11(23-7-16(17,18)19)5-8(2)12(10)13-14(21)9(3)20-15(13)22/h5-6,9,21H,4,7H2,1-3H3,(H,20,22). The van der Waals surface area contributed by atoms with Gasteiger partial charge in [-0.1, -0.05) is 6.92 Å². The van der Waals surface area contributed by atoms with E-state index in [1.54, 1.807) is 13.8 Å². The second kappa shape index (κ2) is 6.14. The van der Waals surface area contributed by atoms with Gasteiger partial charge in [0, 0.05) is 0 Å². The quantitative estimate of drug-likeness (QED) is 0.891. The van der Waals surface area contributed by atoms with Gasteiger partial charge in [-0.15, -0.1) is 0 Å². The van der Waals surface area contributed by atoms with Gasteiger partial charge in [0.25, 0.3) is 5.91 Å². The highest BCUT2D eigenvalue weighted by Gasteiger charge is 2.32. The summed E-state index contributed by atoms with van der Waals surface area (Å²) in [7, 11) is 0. The fraction of sp³-hybridized carbons (Fsp3) is 0.438. The van der Waals surface area contributed by atoms with Crippen molar-refractivity contribution in [2.75, 3.05) is 6.61 Å². The van der Waals surface area contributed by atoms with E-state index in [1.165, 1.54) is 12.1 Å². The van der Waals surface area contributed by atoms with Crippen LogP contribution in [0.5, 0.6) is 5.75 Å². The van der Waals surface area contributed by atoms with Crippen LogP contribution in [0.25, 0.3) is 5.57 Å². The van der Waals surface area contributed by atoms with Crippen molar-refractivity contribution in [2.24, 2.45) is 0 Å². The Bertz CT molecular complexity index is 665. The van der Waals surface area contributed by atoms with Crippen LogP contribution in [0.4, 0.5) is 13.2 Å². The molecule has 7 heteroatoms. The maximum absolute atomic E-state index is 12.3. The predicted molar refractivity (Wildman–Crippen MR) is 79.3 cm³/mol. The summed E-state index contributed by atoms with van der Waals surface area (Å²) in [5, 5.41) is 12.7. The molecule has 0 aromatic heterocycles. The van der Waals surface area contributed by atoms with E-state index in [1.807, 2.05) is 6.92 Å². The number of aliphatic hydroxyl groups excluding tert-OH is 1. The van der Waals surface area contributed by atoms with E-state index in [2.05, 4.69) is 5.32 Å². The zero-order valence-corrected chi connectivity index (χ0v) is 13.0. The van der Waals surface area contributed by atoms with Crippen LogP contribution in [-0.4, -0.2) is 29.8 Å². The second-order valence-electron chi connectivity index (χ2n) is 5.49. The maximum atomic E-state index is 12.3. The lowest BCUT2D eigenvalue weighted by molar-refractivity contribution is -0.153. The minimum atomic E-state index is -4.42. The van der Waals surface area contributed by atoms with Crippen molar-refractivity contribution >= 4 is 11.5 Å². The third-order valence-corrected chi connectivity index (χ3v) is 3.67. The Labute approximate surface area is 132 Å². The number of hydrogen-bond donors (Lipinski definition) is 2. The van der Waals surface area contributed by atoms with Crippen LogP contribution in [0, 0.1) is 6.92 Å². The monoisotopic (exact) mass is 329 g/mol. The van der Waals surface area contributed by atoms with Crippen molar-refractivity contribution in [2.45, 2.75) is 39.4 Å². The maximum Gasteiger partial charge on any atom is 0.422 e. The topological polar surface area (TPSA) is 58.6 Å². The van der Waals surface area contributed by atoms with Crippen molar-refractivity contribution in [3.63, 3.8) is 0 Å². The number of carbonyl (C=O) groups excluding carboxylic acids is 1. The van der Waals surface area contributed by atoms with Gasteiger partial charge in [-0.2, -0.15) is 13.2 Å². The summed E-state index contributed by atoms with van der Waals surface area (Å²) < 4.78 is 41.6. The lowest BCUT2D eigenvalue weighted by atomic mass is 9.92. The normalized spacial score (nSPS) is 18.3. The molecular formula is C16H18F3NO3. The van der Waals surface area contributed by atoms with Gasteiger partial charge in [0.1, 0.15) is 11.5 Å². The molecule has 1 aromatic carbocycles. The zero-order valence-electron chi connectivity index (χ0n) is 13.0. The molecule has 0 saturated carbocycles. The van der Waals surface area contributed by atoms with E-state index in [0.717, 1.165) is 0 Å². The molecule has 0 aliphatic carbocycles. The molecule has 0 radical (unpaired) electrons. The van der Waals surface area contributed by atoms with E-state index in [9.17, 15) is 23.1 Å². The molecule has 1 heterocycles. The molecule has 2 N–H and O–H groups in total. The number of alkyl halides is 3. The number of rotatable bonds is 4. The second-order valence-corrected chi connectivity index (χ2v) is 5.49. The van der Waals surface area contributed by atoms with E-state index in [0.29, 0.717) is 23.1 Å². The minimum Gasteiger partial charge on any atom is -0.509 e. The molecule has 1 atom stereocenters. The summed E-state index contributed by atoms with van der Waals surface area (Å²) >= 11 is 0. The SMILES string of the molecule is CCc1cc(OCC(F)(F)F)cc(C)c1C1=C(O)C(C)NC1=O. The molecule has 23 heavy (non-hydrogen) atoms. The molecule has 2 rings (SSSR count). The van der Waals surface area contributed by atoms with Gasteiger partial charge in [0.2, 0.25) is 0 Å². The van der Waals surface area contributed by atoms with Crippen LogP contribution in [0.15, 0.2) is 17.9 Å². The third kappa shape index (κ3) is 3.60. The number of ether oxygens (including phenoxy) is 1. The Morgan fingerprint density at radius 2 is 2.00 bits per heavy atom. The Morgan fingerprint density at radius 1 is 1.35 bits per heavy atom. The molecule has 0 bridgehead atoms. The highest BCUT2D eigenvalue weighted by Crippen LogP contribution is 2.33. The first-order valence-electron chi connectivity index (χ1n) is 7.21. The fourth-order valence-electron chi connectivity index (χ4n) is 2.62. The molecule has 0 spiro atoms. The average molecular weight is 329 g/mol. The summed E-state index contributed by atoms with van der Waals surface area (Å²) in [6, 6.07) is 2.43. The van der Waals surface area contributed by atoms with Crippen LogP contribution in [0.1, 0.15) is 30.5 Å². The first-order chi connectivity index (χ1) is 10.6. The van der Waals surface area contributed by atoms with E-state index in [4.69, 9.17) is 4.74 Å². The lowest BCUT2D eigenvalue weighted by Gasteiger charge is -2.16. The van der Waals surface area contributed by atoms with Crippen LogP contribution in [0.3, 0.4) is 0 Å². The van der Waals surface area contributed by atoms with Crippen LogP contribution >= 0.6 is 0 Å². The van der Waals surface area contributed by atoms with Crippen molar-refractivity contribution in [3.05, 3.63) is 34.6 Å². The first kappa shape index (κ1) is 17.2. The molecule has 126 valence electrons. The number of nitrogens with one attached hydrogen (secondary N) is 1. The first-order valence-corrected chi connectivity index (χ1v) is 7.21. The molecular weight excluding hydrogens is 311 g/mol. The van der Waals surface area contributed by atoms with Crippen LogP contribution in [0.2, 0.25) is 0 Å². The fourth-order valence-corrected chi connectivity index (χ4v) is 2.62. The van der Waals surface area contributed by atoms with Gasteiger partial charge in [-0.25, -0.2) is 0 Å². The van der Waals surface area contributed by atoms with E-state index in [-0.39, 0.29) is 17.1 Å². The molecule has 0 fully saturated rings. The Kier molecular flexibility index (Phi) is 4.58. The van der Waals surface area contributed by atoms with Gasteiger partial charge in [0.05, 0.1) is 11.6 Å². The number of halogens is 3. The highest BCUT2D eigenvalue weighted by molar-refractivity contribution is 6.23. The number of hydrogen-bond acceptors (Lipinski definition) is 3. The average Bonchev–Trinajstić information content (AvgIpc) is 2.69. The summed E-state index contributed by atoms with van der Waals surface area (Å²) in [6.07, 6.45) is -3.93. The zero-order chi connectivity index (χ0) is 17.4. The van der Waals surface area contributed by atoms with Gasteiger partial charge in [0.15, 0.2) is 6.61 Å². The van der Waals surface area contributed by atoms with Crippen LogP contribution in [-0.2, 0) is 11.2 Å². The number of aryl methyl sites for hydroxylation is 2. The van der Waals surface area contributed by atoms with Crippen molar-refractivity contribution in [1.82, 2.24) is 5.32 Å². The number of aliphatic hydroxyl groups is 1. The Morgan fingerprint density at radius 3 is 2.48 bits per heavy atom. The smallest absolute Gasteiger partial charge is 0.422 e. The molecule has 1 aliphatic rings. The lowest BCUT2D eigenvalue weighted by Crippen LogP contribution is -2.25. The van der Waals surface area contributed by atoms with Gasteiger partial charge in [-0.3, -0.25) is 4.79 Å². The highest BCUT2D eigenvalue weighted by atomic mass is 19.4. The predicted octanol–water partition coefficient (Wildman–Crippen LogP) is 3.29. The molecule has 0 saturated heterocycles. The largest absolute Gasteiger partial charge is 0.509 e. The summed E-state index contributed by atoms with van der Waals surface area (Å²) in [6.45, 7) is 3.77. The number of benzene rings is 1. The van der Waals surface area contributed by atoms with Crippen LogP contribution < -0.4 is 10.1 Å². The summed E-state index contributed by atoms with van der Waals surface area (Å²) in [4.78, 5) is 12.0. The van der Waals surface area contributed by atoms with Crippen molar-refractivity contribution in [1.29, 1.82) is 0 Å². The minimum absolute atomic E-state index is 0.0586. The van der Waals surface area contributed by atoms with Crippen molar-refractivity contribution < 1.29 is 27.8 Å². The molecule has 4 nitrogen and oxygen atoms in total. The number of carbonyl (C=O) groups is 1. The van der Waals surface area contributed by atoms with Gasteiger partial charge < -0.3 is 15.2 Å². The van der Waals surface area contributed by atoms with Gasteiger partial charge >= 0.3 is 6.18 Å². The Hall–Kier alpha value is -2.18. The van der Waals surface area contributed by atoms with Crippen molar-refractivity contribution in [3.8, 4) is 5.75 Å². The molecule has 1 amide bonds. The molecule has 1 unspecified atom stereocenters. The van der Waals surface area contributed by atoms with E-state index >= 15 is 0 Å².